The summed E-state index contributed by atoms with van der Waals surface area (Å²) >= 11 is 0. The van der Waals surface area contributed by atoms with Crippen molar-refractivity contribution in [2.24, 2.45) is 0 Å². The number of carbonyl (C=O) groups excluding carboxylic acids is 1. The molecule has 1 aromatic heterocycles. The smallest absolute Gasteiger partial charge is 0.274 e. The van der Waals surface area contributed by atoms with E-state index in [9.17, 15) is 4.79 Å². The van der Waals surface area contributed by atoms with Crippen molar-refractivity contribution in [2.45, 2.75) is 0 Å². The minimum atomic E-state index is -0.333. The highest BCUT2D eigenvalue weighted by Gasteiger charge is 2.14. The number of hydrogen-bond donors (Lipinski definition) is 2. The van der Waals surface area contributed by atoms with E-state index in [4.69, 9.17) is 9.47 Å². The van der Waals surface area contributed by atoms with Crippen molar-refractivity contribution >= 4 is 23.1 Å². The van der Waals surface area contributed by atoms with Crippen LogP contribution >= 0.6 is 0 Å². The first-order valence-corrected chi connectivity index (χ1v) is 8.13. The molecule has 0 saturated heterocycles. The highest BCUT2D eigenvalue weighted by atomic mass is 16.6. The van der Waals surface area contributed by atoms with Gasteiger partial charge in [0.15, 0.2) is 11.5 Å². The van der Waals surface area contributed by atoms with Crippen molar-refractivity contribution in [2.75, 3.05) is 23.8 Å². The number of carbonyl (C=O) groups is 1. The first kappa shape index (κ1) is 15.9. The van der Waals surface area contributed by atoms with Crippen LogP contribution in [0.15, 0.2) is 60.9 Å². The molecule has 4 rings (SSSR count). The van der Waals surface area contributed by atoms with Crippen molar-refractivity contribution in [1.29, 1.82) is 0 Å². The maximum atomic E-state index is 12.5. The number of amides is 1. The zero-order valence-electron chi connectivity index (χ0n) is 13.8. The van der Waals surface area contributed by atoms with Gasteiger partial charge in [0.25, 0.3) is 5.91 Å². The van der Waals surface area contributed by atoms with Crippen molar-refractivity contribution in [1.82, 2.24) is 9.97 Å². The first-order chi connectivity index (χ1) is 12.8. The van der Waals surface area contributed by atoms with Gasteiger partial charge < -0.3 is 20.1 Å². The van der Waals surface area contributed by atoms with Crippen LogP contribution in [0.1, 0.15) is 10.5 Å². The molecule has 0 aliphatic carbocycles. The summed E-state index contributed by atoms with van der Waals surface area (Å²) in [5, 5.41) is 5.94. The molecule has 0 unspecified atom stereocenters. The molecular weight excluding hydrogens is 332 g/mol. The fraction of sp³-hybridized carbons (Fsp3) is 0.105. The van der Waals surface area contributed by atoms with E-state index in [1.807, 2.05) is 30.3 Å². The van der Waals surface area contributed by atoms with Crippen LogP contribution in [-0.2, 0) is 0 Å². The molecule has 3 aromatic rings. The Balaban J connectivity index is 1.49. The molecule has 0 saturated carbocycles. The Morgan fingerprint density at radius 3 is 2.54 bits per heavy atom. The lowest BCUT2D eigenvalue weighted by molar-refractivity contribution is 0.102. The van der Waals surface area contributed by atoms with Gasteiger partial charge in [-0.15, -0.1) is 0 Å². The number of nitrogens with one attached hydrogen (secondary N) is 2. The number of hydrogen-bond acceptors (Lipinski definition) is 6. The Kier molecular flexibility index (Phi) is 4.34. The lowest BCUT2D eigenvalue weighted by atomic mass is 10.2. The Morgan fingerprint density at radius 2 is 1.69 bits per heavy atom. The minimum Gasteiger partial charge on any atom is -0.486 e. The van der Waals surface area contributed by atoms with Gasteiger partial charge in [-0.2, -0.15) is 0 Å². The second-order valence-electron chi connectivity index (χ2n) is 5.59. The number of rotatable bonds is 4. The largest absolute Gasteiger partial charge is 0.486 e. The van der Waals surface area contributed by atoms with Crippen molar-refractivity contribution in [3.63, 3.8) is 0 Å². The van der Waals surface area contributed by atoms with Gasteiger partial charge in [-0.05, 0) is 24.3 Å². The van der Waals surface area contributed by atoms with Gasteiger partial charge >= 0.3 is 0 Å². The lowest BCUT2D eigenvalue weighted by Gasteiger charge is -2.19. The molecule has 0 fully saturated rings. The maximum Gasteiger partial charge on any atom is 0.274 e. The molecule has 0 bridgehead atoms. The molecular formula is C19H16N4O3. The van der Waals surface area contributed by atoms with E-state index < -0.39 is 0 Å². The Labute approximate surface area is 150 Å². The summed E-state index contributed by atoms with van der Waals surface area (Å²) < 4.78 is 11.0. The molecule has 1 amide bonds. The molecule has 26 heavy (non-hydrogen) atoms. The molecule has 1 aliphatic rings. The third kappa shape index (κ3) is 3.56. The summed E-state index contributed by atoms with van der Waals surface area (Å²) in [6, 6.07) is 16.4. The van der Waals surface area contributed by atoms with Crippen LogP contribution < -0.4 is 20.1 Å². The molecule has 1 aliphatic heterocycles. The van der Waals surface area contributed by atoms with Gasteiger partial charge in [0, 0.05) is 23.5 Å². The van der Waals surface area contributed by atoms with Crippen molar-refractivity contribution in [3.05, 3.63) is 66.6 Å². The number of ether oxygens (including phenoxy) is 2. The predicted octanol–water partition coefficient (Wildman–Crippen LogP) is 3.24. The van der Waals surface area contributed by atoms with Gasteiger partial charge in [0.2, 0.25) is 0 Å². The molecule has 7 heteroatoms. The van der Waals surface area contributed by atoms with E-state index >= 15 is 0 Å². The SMILES string of the molecule is O=C(Nc1ccc2c(c1)OCCO2)c1cc(Nc2ccccc2)ncn1. The number of anilines is 3. The second-order valence-corrected chi connectivity index (χ2v) is 5.59. The third-order valence-corrected chi connectivity index (χ3v) is 3.75. The van der Waals surface area contributed by atoms with Gasteiger partial charge in [-0.25, -0.2) is 9.97 Å². The Hall–Kier alpha value is -3.61. The van der Waals surface area contributed by atoms with E-state index in [1.54, 1.807) is 24.3 Å². The summed E-state index contributed by atoms with van der Waals surface area (Å²) in [5.41, 5.74) is 1.74. The topological polar surface area (TPSA) is 85.4 Å². The van der Waals surface area contributed by atoms with Crippen LogP contribution in [0.3, 0.4) is 0 Å². The van der Waals surface area contributed by atoms with Crippen molar-refractivity contribution < 1.29 is 14.3 Å². The average molecular weight is 348 g/mol. The second kappa shape index (κ2) is 7.10. The number of fused-ring (bicyclic) bond motifs is 1. The molecule has 2 aromatic carbocycles. The Morgan fingerprint density at radius 1 is 0.885 bits per heavy atom. The monoisotopic (exact) mass is 348 g/mol. The number of aromatic nitrogens is 2. The number of para-hydroxylation sites is 1. The Bertz CT molecular complexity index is 931. The van der Waals surface area contributed by atoms with Crippen LogP contribution in [-0.4, -0.2) is 29.1 Å². The summed E-state index contributed by atoms with van der Waals surface area (Å²) in [6.07, 6.45) is 1.35. The van der Waals surface area contributed by atoms with Gasteiger partial charge in [0.1, 0.15) is 31.1 Å². The van der Waals surface area contributed by atoms with Gasteiger partial charge in [-0.3, -0.25) is 4.79 Å². The van der Waals surface area contributed by atoms with Crippen molar-refractivity contribution in [3.8, 4) is 11.5 Å². The van der Waals surface area contributed by atoms with E-state index in [0.29, 0.717) is 36.2 Å². The lowest BCUT2D eigenvalue weighted by Crippen LogP contribution is -2.17. The minimum absolute atomic E-state index is 0.258. The van der Waals surface area contributed by atoms with Crippen LogP contribution in [0.4, 0.5) is 17.2 Å². The summed E-state index contributed by atoms with van der Waals surface area (Å²) in [5.74, 6) is 1.49. The third-order valence-electron chi connectivity index (χ3n) is 3.75. The van der Waals surface area contributed by atoms with Crippen LogP contribution in [0.2, 0.25) is 0 Å². The zero-order chi connectivity index (χ0) is 17.8. The summed E-state index contributed by atoms with van der Waals surface area (Å²) in [4.78, 5) is 20.7. The predicted molar refractivity (Wildman–Crippen MR) is 97.1 cm³/mol. The number of benzene rings is 2. The molecule has 2 heterocycles. The van der Waals surface area contributed by atoms with E-state index in [1.165, 1.54) is 6.33 Å². The highest BCUT2D eigenvalue weighted by molar-refractivity contribution is 6.03. The summed E-state index contributed by atoms with van der Waals surface area (Å²) in [6.45, 7) is 1.02. The molecule has 130 valence electrons. The zero-order valence-corrected chi connectivity index (χ0v) is 13.8. The standard InChI is InChI=1S/C19H16N4O3/c24-19(23-14-6-7-16-17(10-14)26-9-8-25-16)15-11-18(21-12-20-15)22-13-4-2-1-3-5-13/h1-7,10-12H,8-9H2,(H,23,24)(H,20,21,22). The van der Waals surface area contributed by atoms with E-state index in [0.717, 1.165) is 5.69 Å². The highest BCUT2D eigenvalue weighted by Crippen LogP contribution is 2.32. The summed E-state index contributed by atoms with van der Waals surface area (Å²) in [7, 11) is 0. The van der Waals surface area contributed by atoms with Crippen LogP contribution in [0, 0.1) is 0 Å². The van der Waals surface area contributed by atoms with E-state index in [2.05, 4.69) is 20.6 Å². The molecule has 0 radical (unpaired) electrons. The first-order valence-electron chi connectivity index (χ1n) is 8.13. The quantitative estimate of drug-likeness (QED) is 0.753. The molecule has 7 nitrogen and oxygen atoms in total. The normalized spacial score (nSPS) is 12.3. The maximum absolute atomic E-state index is 12.5. The van der Waals surface area contributed by atoms with Crippen LogP contribution in [0.25, 0.3) is 0 Å². The molecule has 2 N–H and O–H groups in total. The molecule has 0 atom stereocenters. The fourth-order valence-electron chi connectivity index (χ4n) is 2.54. The van der Waals surface area contributed by atoms with Gasteiger partial charge in [0.05, 0.1) is 0 Å². The number of nitrogens with zero attached hydrogens (tertiary/aromatic N) is 2. The van der Waals surface area contributed by atoms with Crippen LogP contribution in [0.5, 0.6) is 11.5 Å². The fourth-order valence-corrected chi connectivity index (χ4v) is 2.54. The van der Waals surface area contributed by atoms with E-state index in [-0.39, 0.29) is 11.6 Å². The average Bonchev–Trinajstić information content (AvgIpc) is 2.69. The van der Waals surface area contributed by atoms with Gasteiger partial charge in [-0.1, -0.05) is 18.2 Å². The molecule has 0 spiro atoms.